The number of nitrogens with one attached hydrogen (secondary N) is 1. The molecule has 0 amide bonds. The Morgan fingerprint density at radius 1 is 1.17 bits per heavy atom. The Morgan fingerprint density at radius 3 is 2.58 bits per heavy atom. The molecule has 1 saturated carbocycles. The van der Waals surface area contributed by atoms with E-state index in [1.807, 2.05) is 0 Å². The predicted molar refractivity (Wildman–Crippen MR) is 54.4 cm³/mol. The zero-order valence-corrected chi connectivity index (χ0v) is 8.44. The zero-order valence-electron chi connectivity index (χ0n) is 8.44. The molecule has 0 aromatic rings. The van der Waals surface area contributed by atoms with Crippen LogP contribution >= 0.6 is 0 Å². The van der Waals surface area contributed by atoms with Crippen LogP contribution in [0.5, 0.6) is 0 Å². The topological polar surface area (TPSA) is 12.0 Å². The Balaban J connectivity index is 1.81. The van der Waals surface area contributed by atoms with E-state index in [1.54, 1.807) is 0 Å². The summed E-state index contributed by atoms with van der Waals surface area (Å²) in [5.74, 6) is 1.01. The molecular formula is C11H23N. The molecular weight excluding hydrogens is 146 g/mol. The van der Waals surface area contributed by atoms with Gasteiger partial charge in [-0.2, -0.15) is 0 Å². The third-order valence-electron chi connectivity index (χ3n) is 2.86. The molecule has 1 N–H and O–H groups in total. The molecule has 1 nitrogen and oxygen atoms in total. The van der Waals surface area contributed by atoms with Gasteiger partial charge in [-0.3, -0.25) is 0 Å². The summed E-state index contributed by atoms with van der Waals surface area (Å²) >= 11 is 0. The fourth-order valence-electron chi connectivity index (χ4n) is 2.02. The summed E-state index contributed by atoms with van der Waals surface area (Å²) < 4.78 is 0. The average Bonchev–Trinajstić information content (AvgIpc) is 2.57. The second-order valence-corrected chi connectivity index (χ2v) is 4.06. The molecule has 0 atom stereocenters. The van der Waals surface area contributed by atoms with Gasteiger partial charge in [0, 0.05) is 0 Å². The summed E-state index contributed by atoms with van der Waals surface area (Å²) in [5.41, 5.74) is 0. The van der Waals surface area contributed by atoms with E-state index in [0.717, 1.165) is 5.92 Å². The highest BCUT2D eigenvalue weighted by atomic mass is 14.9. The molecule has 1 aliphatic rings. The van der Waals surface area contributed by atoms with E-state index in [2.05, 4.69) is 12.2 Å². The molecule has 72 valence electrons. The monoisotopic (exact) mass is 169 g/mol. The van der Waals surface area contributed by atoms with Crippen LogP contribution in [-0.2, 0) is 0 Å². The summed E-state index contributed by atoms with van der Waals surface area (Å²) in [4.78, 5) is 0. The van der Waals surface area contributed by atoms with Gasteiger partial charge in [0.25, 0.3) is 0 Å². The van der Waals surface area contributed by atoms with Crippen molar-refractivity contribution >= 4 is 0 Å². The largest absolute Gasteiger partial charge is 0.316 e. The van der Waals surface area contributed by atoms with Crippen molar-refractivity contribution in [2.75, 3.05) is 13.1 Å². The SMILES string of the molecule is CCCCCNCC1CCCC1. The molecule has 1 heteroatoms. The van der Waals surface area contributed by atoms with Crippen LogP contribution in [0.25, 0.3) is 0 Å². The normalized spacial score (nSPS) is 18.8. The minimum absolute atomic E-state index is 1.01. The maximum Gasteiger partial charge on any atom is -0.00205 e. The number of hydrogen-bond donors (Lipinski definition) is 1. The number of unbranched alkanes of at least 4 members (excludes halogenated alkanes) is 2. The minimum atomic E-state index is 1.01. The van der Waals surface area contributed by atoms with Gasteiger partial charge in [0.05, 0.1) is 0 Å². The van der Waals surface area contributed by atoms with Crippen LogP contribution in [0.1, 0.15) is 51.9 Å². The molecule has 0 saturated heterocycles. The van der Waals surface area contributed by atoms with Crippen LogP contribution in [0.2, 0.25) is 0 Å². The molecule has 0 aliphatic heterocycles. The lowest BCUT2D eigenvalue weighted by Crippen LogP contribution is -2.22. The molecule has 1 rings (SSSR count). The Bertz CT molecular complexity index is 95.2. The highest BCUT2D eigenvalue weighted by Gasteiger charge is 2.13. The molecule has 0 aromatic carbocycles. The quantitative estimate of drug-likeness (QED) is 0.603. The van der Waals surface area contributed by atoms with Crippen LogP contribution in [0.3, 0.4) is 0 Å². The van der Waals surface area contributed by atoms with E-state index in [4.69, 9.17) is 0 Å². The molecule has 0 aromatic heterocycles. The molecule has 0 radical (unpaired) electrons. The van der Waals surface area contributed by atoms with Gasteiger partial charge >= 0.3 is 0 Å². The fraction of sp³-hybridized carbons (Fsp3) is 1.00. The van der Waals surface area contributed by atoms with Crippen LogP contribution in [0, 0.1) is 5.92 Å². The van der Waals surface area contributed by atoms with Crippen molar-refractivity contribution in [3.63, 3.8) is 0 Å². The smallest absolute Gasteiger partial charge is 0.00205 e. The van der Waals surface area contributed by atoms with Gasteiger partial charge in [0.15, 0.2) is 0 Å². The Morgan fingerprint density at radius 2 is 1.92 bits per heavy atom. The highest BCUT2D eigenvalue weighted by Crippen LogP contribution is 2.23. The van der Waals surface area contributed by atoms with Gasteiger partial charge in [-0.05, 0) is 38.3 Å². The lowest BCUT2D eigenvalue weighted by molar-refractivity contribution is 0.481. The molecule has 12 heavy (non-hydrogen) atoms. The third-order valence-corrected chi connectivity index (χ3v) is 2.86. The van der Waals surface area contributed by atoms with Crippen molar-refractivity contribution in [1.82, 2.24) is 5.32 Å². The van der Waals surface area contributed by atoms with E-state index in [0.29, 0.717) is 0 Å². The number of hydrogen-bond acceptors (Lipinski definition) is 1. The van der Waals surface area contributed by atoms with Crippen molar-refractivity contribution in [1.29, 1.82) is 0 Å². The maximum atomic E-state index is 3.56. The van der Waals surface area contributed by atoms with Crippen LogP contribution < -0.4 is 5.32 Å². The lowest BCUT2D eigenvalue weighted by atomic mass is 10.1. The summed E-state index contributed by atoms with van der Waals surface area (Å²) in [6, 6.07) is 0. The highest BCUT2D eigenvalue weighted by molar-refractivity contribution is 4.69. The fourth-order valence-corrected chi connectivity index (χ4v) is 2.02. The molecule has 0 spiro atoms. The predicted octanol–water partition coefficient (Wildman–Crippen LogP) is 2.96. The standard InChI is InChI=1S/C11H23N/c1-2-3-6-9-12-10-11-7-4-5-8-11/h11-12H,2-10H2,1H3. The van der Waals surface area contributed by atoms with E-state index in [-0.39, 0.29) is 0 Å². The van der Waals surface area contributed by atoms with Gasteiger partial charge < -0.3 is 5.32 Å². The lowest BCUT2D eigenvalue weighted by Gasteiger charge is -2.09. The second kappa shape index (κ2) is 6.47. The van der Waals surface area contributed by atoms with Crippen LogP contribution in [-0.4, -0.2) is 13.1 Å². The Labute approximate surface area is 76.9 Å². The Hall–Kier alpha value is -0.0400. The van der Waals surface area contributed by atoms with Gasteiger partial charge in [-0.25, -0.2) is 0 Å². The van der Waals surface area contributed by atoms with E-state index >= 15 is 0 Å². The molecule has 1 aliphatic carbocycles. The third kappa shape index (κ3) is 4.10. The average molecular weight is 169 g/mol. The van der Waals surface area contributed by atoms with E-state index in [1.165, 1.54) is 58.0 Å². The summed E-state index contributed by atoms with van der Waals surface area (Å²) in [6.45, 7) is 4.78. The van der Waals surface area contributed by atoms with E-state index < -0.39 is 0 Å². The van der Waals surface area contributed by atoms with Crippen LogP contribution in [0.4, 0.5) is 0 Å². The first kappa shape index (κ1) is 10.0. The number of rotatable bonds is 6. The van der Waals surface area contributed by atoms with Gasteiger partial charge in [0.2, 0.25) is 0 Å². The van der Waals surface area contributed by atoms with Crippen molar-refractivity contribution in [2.24, 2.45) is 5.92 Å². The maximum absolute atomic E-state index is 3.56. The van der Waals surface area contributed by atoms with Crippen molar-refractivity contribution < 1.29 is 0 Å². The van der Waals surface area contributed by atoms with Crippen molar-refractivity contribution in [3.05, 3.63) is 0 Å². The molecule has 1 fully saturated rings. The first-order valence-corrected chi connectivity index (χ1v) is 5.64. The molecule has 0 heterocycles. The van der Waals surface area contributed by atoms with Gasteiger partial charge in [-0.15, -0.1) is 0 Å². The first-order valence-electron chi connectivity index (χ1n) is 5.64. The minimum Gasteiger partial charge on any atom is -0.316 e. The molecule has 0 bridgehead atoms. The second-order valence-electron chi connectivity index (χ2n) is 4.06. The van der Waals surface area contributed by atoms with Crippen LogP contribution in [0.15, 0.2) is 0 Å². The van der Waals surface area contributed by atoms with Gasteiger partial charge in [-0.1, -0.05) is 32.6 Å². The van der Waals surface area contributed by atoms with E-state index in [9.17, 15) is 0 Å². The van der Waals surface area contributed by atoms with Gasteiger partial charge in [0.1, 0.15) is 0 Å². The zero-order chi connectivity index (χ0) is 8.65. The van der Waals surface area contributed by atoms with Crippen molar-refractivity contribution in [3.8, 4) is 0 Å². The van der Waals surface area contributed by atoms with Crippen molar-refractivity contribution in [2.45, 2.75) is 51.9 Å². The summed E-state index contributed by atoms with van der Waals surface area (Å²) in [7, 11) is 0. The molecule has 0 unspecified atom stereocenters. The first-order chi connectivity index (χ1) is 5.93. The summed E-state index contributed by atoms with van der Waals surface area (Å²) in [6.07, 6.45) is 9.98. The summed E-state index contributed by atoms with van der Waals surface area (Å²) in [5, 5.41) is 3.56. The Kier molecular flexibility index (Phi) is 5.42.